The zero-order valence-electron chi connectivity index (χ0n) is 14.0. The lowest BCUT2D eigenvalue weighted by atomic mass is 9.76. The normalized spacial score (nSPS) is 26.3. The molecule has 0 saturated carbocycles. The monoisotopic (exact) mass is 301 g/mol. The number of Topliss-reactive ketones (excluding diaryl/α,β-unsaturated/α-hetero) is 1. The minimum atomic E-state index is -0.409. The highest BCUT2D eigenvalue weighted by Gasteiger charge is 2.52. The van der Waals surface area contributed by atoms with Gasteiger partial charge in [-0.15, -0.1) is 0 Å². The number of fused-ring (bicyclic) bond motifs is 1. The molecule has 0 spiro atoms. The van der Waals surface area contributed by atoms with E-state index in [1.54, 1.807) is 0 Å². The molecule has 2 aliphatic rings. The largest absolute Gasteiger partial charge is 0.496 e. The zero-order valence-corrected chi connectivity index (χ0v) is 14.0. The van der Waals surface area contributed by atoms with Gasteiger partial charge in [0.1, 0.15) is 5.78 Å². The first-order valence-corrected chi connectivity index (χ1v) is 7.95. The molecule has 0 aromatic heterocycles. The summed E-state index contributed by atoms with van der Waals surface area (Å²) in [5.41, 5.74) is 2.28. The molecule has 1 atom stereocenters. The van der Waals surface area contributed by atoms with Crippen molar-refractivity contribution < 1.29 is 14.1 Å². The minimum Gasteiger partial charge on any atom is -0.399 e. The first-order valence-electron chi connectivity index (χ1n) is 7.95. The number of para-hydroxylation sites is 1. The summed E-state index contributed by atoms with van der Waals surface area (Å²) in [6.45, 7) is 10.2. The van der Waals surface area contributed by atoms with Crippen LogP contribution in [0.4, 0.5) is 5.69 Å². The fourth-order valence-electron chi connectivity index (χ4n) is 3.03. The third kappa shape index (κ3) is 2.57. The van der Waals surface area contributed by atoms with Gasteiger partial charge in [0, 0.05) is 30.0 Å². The van der Waals surface area contributed by atoms with Gasteiger partial charge >= 0.3 is 7.12 Å². The summed E-state index contributed by atoms with van der Waals surface area (Å²) in [4.78, 5) is 12.0. The highest BCUT2D eigenvalue weighted by Crippen LogP contribution is 2.37. The molecule has 1 saturated heterocycles. The number of anilines is 1. The predicted molar refractivity (Wildman–Crippen MR) is 88.6 cm³/mol. The van der Waals surface area contributed by atoms with E-state index in [1.165, 1.54) is 0 Å². The molecule has 1 aromatic carbocycles. The Hall–Kier alpha value is -1.33. The van der Waals surface area contributed by atoms with Gasteiger partial charge in [0.15, 0.2) is 0 Å². The molecule has 1 N–H and O–H groups in total. The number of hydrogen-bond acceptors (Lipinski definition) is 4. The van der Waals surface area contributed by atoms with Crippen molar-refractivity contribution in [3.63, 3.8) is 0 Å². The Kier molecular flexibility index (Phi) is 3.61. The molecule has 2 aliphatic heterocycles. The Morgan fingerprint density at radius 1 is 1.18 bits per heavy atom. The molecular weight excluding hydrogens is 277 g/mol. The van der Waals surface area contributed by atoms with Gasteiger partial charge < -0.3 is 14.6 Å². The van der Waals surface area contributed by atoms with Crippen molar-refractivity contribution in [2.24, 2.45) is 0 Å². The summed E-state index contributed by atoms with van der Waals surface area (Å²) in [5, 5.41) is 3.47. The third-order valence-corrected chi connectivity index (χ3v) is 5.00. The summed E-state index contributed by atoms with van der Waals surface area (Å²) in [6, 6.07) is 6.13. The van der Waals surface area contributed by atoms with Crippen molar-refractivity contribution in [2.45, 2.75) is 64.7 Å². The van der Waals surface area contributed by atoms with Crippen molar-refractivity contribution in [2.75, 3.05) is 5.32 Å². The third-order valence-electron chi connectivity index (χ3n) is 5.00. The second-order valence-electron chi connectivity index (χ2n) is 7.43. The van der Waals surface area contributed by atoms with Crippen molar-refractivity contribution in [1.82, 2.24) is 0 Å². The van der Waals surface area contributed by atoms with Crippen LogP contribution in [0, 0.1) is 0 Å². The molecule has 22 heavy (non-hydrogen) atoms. The second-order valence-corrected chi connectivity index (χ2v) is 7.43. The number of benzene rings is 1. The topological polar surface area (TPSA) is 47.6 Å². The fraction of sp³-hybridized carbons (Fsp3) is 0.588. The standard InChI is InChI=1S/C17H24BNO3/c1-11-9-13(20)10-12-7-6-8-14(15(12)19-11)18-21-16(2,3)17(4,5)22-18/h6-8,11,19H,9-10H2,1-5H3/t11-/m1/s1. The average Bonchev–Trinajstić information content (AvgIpc) is 2.51. The number of carbonyl (C=O) groups is 1. The van der Waals surface area contributed by atoms with Crippen LogP contribution < -0.4 is 10.8 Å². The smallest absolute Gasteiger partial charge is 0.399 e. The Morgan fingerprint density at radius 2 is 1.82 bits per heavy atom. The fourth-order valence-corrected chi connectivity index (χ4v) is 3.03. The van der Waals surface area contributed by atoms with Gasteiger partial charge in [0.05, 0.1) is 11.2 Å². The first kappa shape index (κ1) is 15.6. The SMILES string of the molecule is C[C@@H]1CC(=O)Cc2cccc(B3OC(C)(C)C(C)(C)O3)c2N1. The molecule has 2 heterocycles. The van der Waals surface area contributed by atoms with Gasteiger partial charge in [-0.2, -0.15) is 0 Å². The lowest BCUT2D eigenvalue weighted by Crippen LogP contribution is -2.41. The zero-order chi connectivity index (χ0) is 16.1. The van der Waals surface area contributed by atoms with Crippen molar-refractivity contribution in [3.05, 3.63) is 23.8 Å². The van der Waals surface area contributed by atoms with E-state index in [-0.39, 0.29) is 23.0 Å². The van der Waals surface area contributed by atoms with Crippen LogP contribution in [0.15, 0.2) is 18.2 Å². The Balaban J connectivity index is 2.00. The van der Waals surface area contributed by atoms with Crippen LogP contribution in [-0.2, 0) is 20.5 Å². The summed E-state index contributed by atoms with van der Waals surface area (Å²) < 4.78 is 12.3. The van der Waals surface area contributed by atoms with Gasteiger partial charge in [0.25, 0.3) is 0 Å². The van der Waals surface area contributed by atoms with E-state index < -0.39 is 7.12 Å². The molecule has 4 nitrogen and oxygen atoms in total. The van der Waals surface area contributed by atoms with E-state index in [0.717, 1.165) is 16.7 Å². The van der Waals surface area contributed by atoms with E-state index >= 15 is 0 Å². The maximum atomic E-state index is 12.0. The number of carbonyl (C=O) groups excluding carboxylic acids is 1. The maximum Gasteiger partial charge on any atom is 0.496 e. The van der Waals surface area contributed by atoms with Gasteiger partial charge in [-0.3, -0.25) is 4.79 Å². The summed E-state index contributed by atoms with van der Waals surface area (Å²) in [5.74, 6) is 0.268. The van der Waals surface area contributed by atoms with Crippen LogP contribution in [0.3, 0.4) is 0 Å². The van der Waals surface area contributed by atoms with Crippen LogP contribution in [0.25, 0.3) is 0 Å². The minimum absolute atomic E-state index is 0.123. The molecule has 0 amide bonds. The van der Waals surface area contributed by atoms with Gasteiger partial charge in [0.2, 0.25) is 0 Å². The summed E-state index contributed by atoms with van der Waals surface area (Å²) >= 11 is 0. The van der Waals surface area contributed by atoms with Gasteiger partial charge in [-0.05, 0) is 40.2 Å². The molecule has 3 rings (SSSR count). The van der Waals surface area contributed by atoms with E-state index in [1.807, 2.05) is 52.8 Å². The molecule has 0 bridgehead atoms. The molecule has 5 heteroatoms. The van der Waals surface area contributed by atoms with Crippen molar-refractivity contribution >= 4 is 24.1 Å². The highest BCUT2D eigenvalue weighted by atomic mass is 16.7. The Morgan fingerprint density at radius 3 is 2.45 bits per heavy atom. The van der Waals surface area contributed by atoms with E-state index in [2.05, 4.69) is 5.32 Å². The quantitative estimate of drug-likeness (QED) is 0.809. The molecule has 0 aliphatic carbocycles. The van der Waals surface area contributed by atoms with E-state index in [9.17, 15) is 4.79 Å². The van der Waals surface area contributed by atoms with Crippen LogP contribution >= 0.6 is 0 Å². The lowest BCUT2D eigenvalue weighted by molar-refractivity contribution is -0.118. The van der Waals surface area contributed by atoms with E-state index in [0.29, 0.717) is 12.8 Å². The Bertz CT molecular complexity index is 596. The van der Waals surface area contributed by atoms with Crippen LogP contribution in [-0.4, -0.2) is 30.1 Å². The average molecular weight is 301 g/mol. The Labute approximate surface area is 132 Å². The number of nitrogens with one attached hydrogen (secondary N) is 1. The first-order chi connectivity index (χ1) is 10.2. The van der Waals surface area contributed by atoms with E-state index in [4.69, 9.17) is 9.31 Å². The summed E-state index contributed by atoms with van der Waals surface area (Å²) in [7, 11) is -0.409. The van der Waals surface area contributed by atoms with Gasteiger partial charge in [-0.1, -0.05) is 18.2 Å². The van der Waals surface area contributed by atoms with Crippen LogP contribution in [0.1, 0.15) is 46.6 Å². The molecular formula is C17H24BNO3. The molecule has 118 valence electrons. The number of ketones is 1. The second kappa shape index (κ2) is 5.10. The molecule has 1 aromatic rings. The summed E-state index contributed by atoms with van der Waals surface area (Å²) in [6.07, 6.45) is 1.03. The lowest BCUT2D eigenvalue weighted by Gasteiger charge is -2.32. The predicted octanol–water partition coefficient (Wildman–Crippen LogP) is 2.30. The van der Waals surface area contributed by atoms with Crippen LogP contribution in [0.5, 0.6) is 0 Å². The van der Waals surface area contributed by atoms with Crippen LogP contribution in [0.2, 0.25) is 0 Å². The highest BCUT2D eigenvalue weighted by molar-refractivity contribution is 6.64. The molecule has 0 unspecified atom stereocenters. The molecule has 1 fully saturated rings. The van der Waals surface area contributed by atoms with Gasteiger partial charge in [-0.25, -0.2) is 0 Å². The van der Waals surface area contributed by atoms with Crippen molar-refractivity contribution in [1.29, 1.82) is 0 Å². The molecule has 0 radical (unpaired) electrons. The van der Waals surface area contributed by atoms with Crippen molar-refractivity contribution in [3.8, 4) is 0 Å². The number of hydrogen-bond donors (Lipinski definition) is 1. The number of rotatable bonds is 1. The maximum absolute atomic E-state index is 12.0.